The van der Waals surface area contributed by atoms with Gasteiger partial charge < -0.3 is 9.47 Å². The van der Waals surface area contributed by atoms with Gasteiger partial charge in [-0.1, -0.05) is 5.92 Å². The molecule has 0 N–H and O–H groups in total. The summed E-state index contributed by atoms with van der Waals surface area (Å²) in [5, 5.41) is 0. The lowest BCUT2D eigenvalue weighted by Gasteiger charge is -1.88. The van der Waals surface area contributed by atoms with E-state index in [0.29, 0.717) is 0 Å². The maximum Gasteiger partial charge on any atom is 0.384 e. The van der Waals surface area contributed by atoms with Crippen molar-refractivity contribution in [1.82, 2.24) is 0 Å². The number of carbonyl (C=O) groups excluding carboxylic acids is 2. The minimum atomic E-state index is -0.658. The lowest BCUT2D eigenvalue weighted by Crippen LogP contribution is -1.99. The molecule has 0 spiro atoms. The third-order valence-corrected chi connectivity index (χ3v) is 0.836. The first-order chi connectivity index (χ1) is 5.20. The molecular weight excluding hydrogens is 148 g/mol. The van der Waals surface area contributed by atoms with E-state index in [4.69, 9.17) is 0 Å². The lowest BCUT2D eigenvalue weighted by atomic mass is 10.4. The number of hydrogen-bond acceptors (Lipinski definition) is 4. The molecule has 0 bridgehead atoms. The van der Waals surface area contributed by atoms with Gasteiger partial charge in [-0.2, -0.15) is 0 Å². The van der Waals surface area contributed by atoms with Gasteiger partial charge in [0.05, 0.1) is 14.2 Å². The summed E-state index contributed by atoms with van der Waals surface area (Å²) >= 11 is 0. The zero-order chi connectivity index (χ0) is 8.69. The fourth-order valence-corrected chi connectivity index (χ4v) is 0.312. The van der Waals surface area contributed by atoms with Gasteiger partial charge in [-0.3, -0.25) is 4.79 Å². The Balaban J connectivity index is 3.72. The Labute approximate surface area is 64.5 Å². The van der Waals surface area contributed by atoms with Crippen LogP contribution in [0.15, 0.2) is 0 Å². The minimum Gasteiger partial charge on any atom is -0.468 e. The van der Waals surface area contributed by atoms with Crippen LogP contribution in [0, 0.1) is 11.8 Å². The Morgan fingerprint density at radius 3 is 2.36 bits per heavy atom. The van der Waals surface area contributed by atoms with Gasteiger partial charge in [0.25, 0.3) is 0 Å². The number of carbonyl (C=O) groups is 2. The Morgan fingerprint density at radius 2 is 1.91 bits per heavy atom. The molecule has 0 saturated heterocycles. The number of ether oxygens (including phenoxy) is 2. The van der Waals surface area contributed by atoms with E-state index in [1.165, 1.54) is 14.2 Å². The molecular formula is C7H8O4. The summed E-state index contributed by atoms with van der Waals surface area (Å²) in [7, 11) is 2.47. The second-order valence-corrected chi connectivity index (χ2v) is 1.55. The second kappa shape index (κ2) is 5.30. The van der Waals surface area contributed by atoms with Crippen molar-refractivity contribution in [3.63, 3.8) is 0 Å². The standard InChI is InChI=1S/C7H8O4/c1-10-6(8)4-3-5-7(9)11-2/h4H2,1-2H3. The predicted octanol–water partition coefficient (Wildman–Crippen LogP) is -0.274. The van der Waals surface area contributed by atoms with Gasteiger partial charge in [-0.15, -0.1) is 0 Å². The summed E-state index contributed by atoms with van der Waals surface area (Å²) in [6.45, 7) is 0. The molecule has 0 fully saturated rings. The maximum absolute atomic E-state index is 10.4. The SMILES string of the molecule is COC(=O)C#CCC(=O)OC. The van der Waals surface area contributed by atoms with Gasteiger partial charge in [-0.25, -0.2) is 4.79 Å². The Bertz CT molecular complexity index is 208. The van der Waals surface area contributed by atoms with E-state index in [1.807, 2.05) is 0 Å². The molecule has 0 radical (unpaired) electrons. The van der Waals surface area contributed by atoms with Crippen molar-refractivity contribution in [2.24, 2.45) is 0 Å². The number of methoxy groups -OCH3 is 2. The van der Waals surface area contributed by atoms with E-state index in [-0.39, 0.29) is 6.42 Å². The number of esters is 2. The highest BCUT2D eigenvalue weighted by Crippen LogP contribution is 1.80. The fourth-order valence-electron chi connectivity index (χ4n) is 0.312. The molecule has 0 rings (SSSR count). The molecule has 0 atom stereocenters. The van der Waals surface area contributed by atoms with Gasteiger partial charge in [0.15, 0.2) is 0 Å². The topological polar surface area (TPSA) is 52.6 Å². The monoisotopic (exact) mass is 156 g/mol. The third kappa shape index (κ3) is 4.97. The van der Waals surface area contributed by atoms with E-state index in [0.717, 1.165) is 0 Å². The summed E-state index contributed by atoms with van der Waals surface area (Å²) in [4.78, 5) is 20.7. The van der Waals surface area contributed by atoms with Crippen LogP contribution in [0.3, 0.4) is 0 Å². The molecule has 0 aliphatic rings. The Kier molecular flexibility index (Phi) is 4.58. The van der Waals surface area contributed by atoms with Gasteiger partial charge >= 0.3 is 11.9 Å². The van der Waals surface area contributed by atoms with E-state index in [1.54, 1.807) is 0 Å². The van der Waals surface area contributed by atoms with E-state index in [2.05, 4.69) is 21.3 Å². The average Bonchev–Trinajstić information content (AvgIpc) is 2.04. The van der Waals surface area contributed by atoms with Crippen molar-refractivity contribution in [3.05, 3.63) is 0 Å². The molecule has 0 heterocycles. The van der Waals surface area contributed by atoms with Crippen LogP contribution < -0.4 is 0 Å². The van der Waals surface area contributed by atoms with E-state index < -0.39 is 11.9 Å². The molecule has 4 heteroatoms. The van der Waals surface area contributed by atoms with Crippen LogP contribution in [0.4, 0.5) is 0 Å². The zero-order valence-electron chi connectivity index (χ0n) is 6.34. The molecule has 0 aliphatic heterocycles. The highest BCUT2D eigenvalue weighted by Gasteiger charge is 1.94. The Morgan fingerprint density at radius 1 is 1.27 bits per heavy atom. The Hall–Kier alpha value is -1.50. The first kappa shape index (κ1) is 9.50. The van der Waals surface area contributed by atoms with Crippen LogP contribution in [0.25, 0.3) is 0 Å². The smallest absolute Gasteiger partial charge is 0.384 e. The number of rotatable bonds is 1. The first-order valence-corrected chi connectivity index (χ1v) is 2.84. The predicted molar refractivity (Wildman–Crippen MR) is 36.4 cm³/mol. The summed E-state index contributed by atoms with van der Waals surface area (Å²) in [6, 6.07) is 0. The van der Waals surface area contributed by atoms with Crippen molar-refractivity contribution in [2.45, 2.75) is 6.42 Å². The fraction of sp³-hybridized carbons (Fsp3) is 0.429. The quantitative estimate of drug-likeness (QED) is 0.298. The van der Waals surface area contributed by atoms with Gasteiger partial charge in [0, 0.05) is 5.92 Å². The summed E-state index contributed by atoms with van der Waals surface area (Å²) < 4.78 is 8.47. The largest absolute Gasteiger partial charge is 0.468 e. The van der Waals surface area contributed by atoms with Crippen LogP contribution in [0.2, 0.25) is 0 Å². The molecule has 0 unspecified atom stereocenters. The lowest BCUT2D eigenvalue weighted by molar-refractivity contribution is -0.139. The average molecular weight is 156 g/mol. The highest BCUT2D eigenvalue weighted by atomic mass is 16.5. The zero-order valence-corrected chi connectivity index (χ0v) is 6.34. The molecule has 0 aliphatic carbocycles. The molecule has 4 nitrogen and oxygen atoms in total. The van der Waals surface area contributed by atoms with E-state index >= 15 is 0 Å². The summed E-state index contributed by atoms with van der Waals surface area (Å²) in [5.41, 5.74) is 0. The first-order valence-electron chi connectivity index (χ1n) is 2.84. The van der Waals surface area contributed by atoms with Crippen molar-refractivity contribution < 1.29 is 19.1 Å². The van der Waals surface area contributed by atoms with Crippen molar-refractivity contribution in [3.8, 4) is 11.8 Å². The van der Waals surface area contributed by atoms with Crippen molar-refractivity contribution >= 4 is 11.9 Å². The van der Waals surface area contributed by atoms with Crippen LogP contribution in [0.5, 0.6) is 0 Å². The molecule has 0 aromatic rings. The van der Waals surface area contributed by atoms with E-state index in [9.17, 15) is 9.59 Å². The second-order valence-electron chi connectivity index (χ2n) is 1.55. The normalized spacial score (nSPS) is 7.45. The van der Waals surface area contributed by atoms with Crippen LogP contribution >= 0.6 is 0 Å². The summed E-state index contributed by atoms with van der Waals surface area (Å²) in [6.07, 6.45) is -0.0917. The summed E-state index contributed by atoms with van der Waals surface area (Å²) in [5.74, 6) is 3.24. The minimum absolute atomic E-state index is 0.0917. The van der Waals surface area contributed by atoms with Gasteiger partial charge in [0.1, 0.15) is 6.42 Å². The van der Waals surface area contributed by atoms with Crippen molar-refractivity contribution in [1.29, 1.82) is 0 Å². The molecule has 0 aromatic carbocycles. The van der Waals surface area contributed by atoms with Crippen molar-refractivity contribution in [2.75, 3.05) is 14.2 Å². The maximum atomic E-state index is 10.4. The van der Waals surface area contributed by atoms with Crippen LogP contribution in [-0.2, 0) is 19.1 Å². The van der Waals surface area contributed by atoms with Crippen LogP contribution in [0.1, 0.15) is 6.42 Å². The third-order valence-electron chi connectivity index (χ3n) is 0.836. The molecule has 0 amide bonds. The van der Waals surface area contributed by atoms with Gasteiger partial charge in [-0.05, 0) is 0 Å². The molecule has 11 heavy (non-hydrogen) atoms. The van der Waals surface area contributed by atoms with Gasteiger partial charge in [0.2, 0.25) is 0 Å². The number of hydrogen-bond donors (Lipinski definition) is 0. The molecule has 60 valence electrons. The van der Waals surface area contributed by atoms with Crippen LogP contribution in [-0.4, -0.2) is 26.2 Å². The highest BCUT2D eigenvalue weighted by molar-refractivity contribution is 5.89. The molecule has 0 aromatic heterocycles. The molecule has 0 saturated carbocycles.